The van der Waals surface area contributed by atoms with E-state index in [-0.39, 0.29) is 48.9 Å². The molecule has 0 saturated carbocycles. The molecule has 0 radical (unpaired) electrons. The highest BCUT2D eigenvalue weighted by atomic mass is 32.2. The molecular formula is C51H86N4O19S. The fourth-order valence-electron chi connectivity index (χ4n) is 7.12. The molecule has 0 bridgehead atoms. The molecule has 0 unspecified atom stereocenters. The van der Waals surface area contributed by atoms with Crippen molar-refractivity contribution in [2.75, 3.05) is 191 Å². The second-order valence-electron chi connectivity index (χ2n) is 16.8. The predicted molar refractivity (Wildman–Crippen MR) is 277 cm³/mol. The Labute approximate surface area is 447 Å². The molecule has 4 amide bonds. The Morgan fingerprint density at radius 3 is 1.56 bits per heavy atom. The largest absolute Gasteiger partial charge is 0.482 e. The summed E-state index contributed by atoms with van der Waals surface area (Å²) in [5.74, 6) is 0.649. The Bertz CT molecular complexity index is 1640. The van der Waals surface area contributed by atoms with E-state index in [1.165, 1.54) is 0 Å². The molecule has 4 N–H and O–H groups in total. The molecule has 24 heteroatoms. The van der Waals surface area contributed by atoms with Crippen LogP contribution in [0.3, 0.4) is 0 Å². The van der Waals surface area contributed by atoms with Crippen molar-refractivity contribution in [3.8, 4) is 5.75 Å². The summed E-state index contributed by atoms with van der Waals surface area (Å²) in [5.41, 5.74) is 0.391. The highest BCUT2D eigenvalue weighted by molar-refractivity contribution is 8.00. The smallest absolute Gasteiger partial charge is 0.344 e. The Morgan fingerprint density at radius 2 is 1.05 bits per heavy atom. The minimum Gasteiger partial charge on any atom is -0.482 e. The van der Waals surface area contributed by atoms with Crippen LogP contribution in [-0.4, -0.2) is 238 Å². The lowest BCUT2D eigenvalue weighted by molar-refractivity contribution is -0.145. The third-order valence-electron chi connectivity index (χ3n) is 10.9. The Kier molecular flexibility index (Phi) is 40.5. The first-order valence-corrected chi connectivity index (χ1v) is 27.5. The standard InChI is InChI=1S/C51H86N4O19S/c1-2-73-48(58)40-74-44-9-5-7-42(39-44)50(59)53-13-6-8-43(56)12-15-61-17-19-63-21-23-65-25-27-67-29-31-69-33-35-71-37-38-72-36-34-70-32-30-68-28-26-66-24-22-64-20-18-62-16-14-52-47(57)11-4-3-10-46-49-45(41-75-46)54-51(60)55-49/h5,7,9,39,45-46,49H,2-4,6,8,10-38,40-41H2,1H3,(H,52,57)(H,53,59)(H2,54,55,60)/t45-,46-,49-/m0/s1. The summed E-state index contributed by atoms with van der Waals surface area (Å²) in [5, 5.41) is 12.1. The molecule has 430 valence electrons. The minimum atomic E-state index is -0.484. The maximum absolute atomic E-state index is 12.4. The number of hydrogen-bond donors (Lipinski definition) is 4. The summed E-state index contributed by atoms with van der Waals surface area (Å²) in [6, 6.07) is 6.88. The van der Waals surface area contributed by atoms with Crippen LogP contribution in [0.1, 0.15) is 62.2 Å². The van der Waals surface area contributed by atoms with Gasteiger partial charge in [0.1, 0.15) is 11.5 Å². The van der Waals surface area contributed by atoms with Gasteiger partial charge in [0.2, 0.25) is 5.91 Å². The van der Waals surface area contributed by atoms with Crippen LogP contribution in [0.4, 0.5) is 4.79 Å². The van der Waals surface area contributed by atoms with E-state index < -0.39 is 5.97 Å². The van der Waals surface area contributed by atoms with Crippen molar-refractivity contribution in [3.05, 3.63) is 29.8 Å². The number of hydrogen-bond acceptors (Lipinski definition) is 20. The van der Waals surface area contributed by atoms with Gasteiger partial charge in [-0.05, 0) is 44.4 Å². The fraction of sp³-hybridized carbons (Fsp3) is 0.784. The average molecular weight is 1090 g/mol. The topological polar surface area (TPSA) is 263 Å². The van der Waals surface area contributed by atoms with E-state index in [2.05, 4.69) is 21.3 Å². The van der Waals surface area contributed by atoms with Crippen molar-refractivity contribution >= 4 is 41.4 Å². The van der Waals surface area contributed by atoms with Gasteiger partial charge in [-0.3, -0.25) is 14.4 Å². The third kappa shape index (κ3) is 36.1. The molecule has 2 heterocycles. The number of unbranched alkanes of at least 4 members (excludes halogenated alkanes) is 1. The van der Waals surface area contributed by atoms with Crippen molar-refractivity contribution < 1.29 is 90.3 Å². The number of esters is 1. The minimum absolute atomic E-state index is 0.0344. The summed E-state index contributed by atoms with van der Waals surface area (Å²) in [6.45, 7) is 13.2. The molecular weight excluding hydrogens is 1000 g/mol. The number of carbonyl (C=O) groups is 5. The molecule has 1 aromatic carbocycles. The molecule has 2 fully saturated rings. The van der Waals surface area contributed by atoms with E-state index in [1.807, 2.05) is 11.8 Å². The molecule has 2 aliphatic heterocycles. The molecule has 2 saturated heterocycles. The fourth-order valence-corrected chi connectivity index (χ4v) is 8.66. The van der Waals surface area contributed by atoms with Crippen LogP contribution in [0.5, 0.6) is 5.75 Å². The number of rotatable bonds is 53. The van der Waals surface area contributed by atoms with Crippen LogP contribution in [0.2, 0.25) is 0 Å². The highest BCUT2D eigenvalue weighted by Crippen LogP contribution is 2.33. The van der Waals surface area contributed by atoms with Crippen molar-refractivity contribution in [3.63, 3.8) is 0 Å². The number of Topliss-reactive ketones (excluding diaryl/α,β-unsaturated/α-hetero) is 1. The predicted octanol–water partition coefficient (Wildman–Crippen LogP) is 2.14. The SMILES string of the molecule is CCOC(=O)COc1cccc(C(=O)NCCCC(=O)CCOCCOCCOCCOCCOCCOCCOCCOCCOCCOCCOCCOCCNC(=O)CCCC[C@@H]2SC[C@@H]3NC(=O)N[C@@H]32)c1. The van der Waals surface area contributed by atoms with Gasteiger partial charge in [-0.25, -0.2) is 9.59 Å². The molecule has 0 aliphatic carbocycles. The molecule has 3 atom stereocenters. The van der Waals surface area contributed by atoms with Gasteiger partial charge < -0.3 is 87.6 Å². The molecule has 1 aromatic rings. The number of fused-ring (bicyclic) bond motifs is 1. The zero-order valence-corrected chi connectivity index (χ0v) is 45.0. The Morgan fingerprint density at radius 1 is 0.560 bits per heavy atom. The number of benzene rings is 1. The van der Waals surface area contributed by atoms with Crippen LogP contribution in [0.15, 0.2) is 24.3 Å². The van der Waals surface area contributed by atoms with Gasteiger partial charge in [-0.2, -0.15) is 11.8 Å². The normalized spacial score (nSPS) is 15.9. The summed E-state index contributed by atoms with van der Waals surface area (Å²) >= 11 is 1.90. The van der Waals surface area contributed by atoms with Crippen LogP contribution in [0, 0.1) is 0 Å². The molecule has 0 aromatic heterocycles. The molecule has 3 rings (SSSR count). The maximum Gasteiger partial charge on any atom is 0.344 e. The summed E-state index contributed by atoms with van der Waals surface area (Å²) < 4.78 is 76.3. The van der Waals surface area contributed by atoms with Crippen LogP contribution < -0.4 is 26.0 Å². The van der Waals surface area contributed by atoms with E-state index >= 15 is 0 Å². The summed E-state index contributed by atoms with van der Waals surface area (Å²) in [6.07, 6.45) is 4.43. The molecule has 23 nitrogen and oxygen atoms in total. The first kappa shape index (κ1) is 65.5. The van der Waals surface area contributed by atoms with E-state index in [4.69, 9.17) is 66.3 Å². The number of ketones is 1. The van der Waals surface area contributed by atoms with Gasteiger partial charge in [0.25, 0.3) is 5.91 Å². The second-order valence-corrected chi connectivity index (χ2v) is 18.1. The monoisotopic (exact) mass is 1090 g/mol. The van der Waals surface area contributed by atoms with Crippen LogP contribution in [0.25, 0.3) is 0 Å². The number of thioether (sulfide) groups is 1. The Balaban J connectivity index is 0.898. The van der Waals surface area contributed by atoms with Gasteiger partial charge in [-0.15, -0.1) is 0 Å². The van der Waals surface area contributed by atoms with Gasteiger partial charge in [0.05, 0.1) is 177 Å². The molecule has 0 spiro atoms. The van der Waals surface area contributed by atoms with E-state index in [0.717, 1.165) is 25.0 Å². The lowest BCUT2D eigenvalue weighted by Crippen LogP contribution is -2.36. The number of urea groups is 1. The number of carbonyl (C=O) groups excluding carboxylic acids is 5. The van der Waals surface area contributed by atoms with E-state index in [0.29, 0.717) is 214 Å². The number of amides is 4. The third-order valence-corrected chi connectivity index (χ3v) is 12.5. The van der Waals surface area contributed by atoms with Crippen molar-refractivity contribution in [2.45, 2.75) is 69.2 Å². The Hall–Kier alpha value is -3.76. The average Bonchev–Trinajstić information content (AvgIpc) is 3.97. The highest BCUT2D eigenvalue weighted by Gasteiger charge is 2.42. The lowest BCUT2D eigenvalue weighted by atomic mass is 10.0. The van der Waals surface area contributed by atoms with Gasteiger partial charge in [0, 0.05) is 48.9 Å². The van der Waals surface area contributed by atoms with Gasteiger partial charge in [-0.1, -0.05) is 12.5 Å². The number of nitrogens with one attached hydrogen (secondary N) is 4. The summed E-state index contributed by atoms with van der Waals surface area (Å²) in [4.78, 5) is 59.6. The zero-order valence-electron chi connectivity index (χ0n) is 44.2. The first-order chi connectivity index (χ1) is 36.9. The molecule has 75 heavy (non-hydrogen) atoms. The van der Waals surface area contributed by atoms with Crippen LogP contribution in [-0.2, 0) is 76.0 Å². The van der Waals surface area contributed by atoms with Gasteiger partial charge in [0.15, 0.2) is 6.61 Å². The lowest BCUT2D eigenvalue weighted by Gasteiger charge is -2.16. The van der Waals surface area contributed by atoms with E-state index in [9.17, 15) is 24.0 Å². The molecule has 2 aliphatic rings. The van der Waals surface area contributed by atoms with Crippen LogP contribution >= 0.6 is 11.8 Å². The van der Waals surface area contributed by atoms with Crippen molar-refractivity contribution in [2.24, 2.45) is 0 Å². The van der Waals surface area contributed by atoms with E-state index in [1.54, 1.807) is 31.2 Å². The number of ether oxygens (including phenoxy) is 14. The zero-order chi connectivity index (χ0) is 53.5. The quantitative estimate of drug-likeness (QED) is 0.0414. The first-order valence-electron chi connectivity index (χ1n) is 26.4. The second kappa shape index (κ2) is 46.3. The summed E-state index contributed by atoms with van der Waals surface area (Å²) in [7, 11) is 0. The van der Waals surface area contributed by atoms with Crippen molar-refractivity contribution in [1.29, 1.82) is 0 Å². The maximum atomic E-state index is 12.4. The van der Waals surface area contributed by atoms with Gasteiger partial charge >= 0.3 is 12.0 Å². The van der Waals surface area contributed by atoms with Crippen molar-refractivity contribution in [1.82, 2.24) is 21.3 Å².